The first kappa shape index (κ1) is 17.3. The lowest BCUT2D eigenvalue weighted by molar-refractivity contribution is -0.173. The second-order valence-electron chi connectivity index (χ2n) is 4.59. The van der Waals surface area contributed by atoms with Crippen LogP contribution in [0.5, 0.6) is 5.75 Å². The first-order valence-corrected chi connectivity index (χ1v) is 7.80. The van der Waals surface area contributed by atoms with Gasteiger partial charge >= 0.3 is 12.1 Å². The quantitative estimate of drug-likeness (QED) is 0.873. The molecule has 0 bridgehead atoms. The molecule has 23 heavy (non-hydrogen) atoms. The van der Waals surface area contributed by atoms with Gasteiger partial charge in [0.05, 0.1) is 17.3 Å². The zero-order valence-electron chi connectivity index (χ0n) is 12.3. The van der Waals surface area contributed by atoms with Gasteiger partial charge in [0.15, 0.2) is 0 Å². The molecule has 8 heteroatoms. The summed E-state index contributed by atoms with van der Waals surface area (Å²) in [7, 11) is 0. The van der Waals surface area contributed by atoms with Crippen LogP contribution in [0.25, 0.3) is 11.3 Å². The van der Waals surface area contributed by atoms with Crippen LogP contribution in [0.4, 0.5) is 13.2 Å². The number of hydrogen-bond acceptors (Lipinski definition) is 4. The Kier molecular flexibility index (Phi) is 5.59. The number of aromatic nitrogens is 1. The number of carbonyl (C=O) groups is 1. The van der Waals surface area contributed by atoms with E-state index in [9.17, 15) is 18.0 Å². The van der Waals surface area contributed by atoms with Gasteiger partial charge in [-0.1, -0.05) is 0 Å². The van der Waals surface area contributed by atoms with Gasteiger partial charge in [0.2, 0.25) is 0 Å². The molecule has 0 aliphatic carbocycles. The van der Waals surface area contributed by atoms with Crippen molar-refractivity contribution in [2.75, 3.05) is 13.2 Å². The molecule has 0 aliphatic rings. The molecule has 124 valence electrons. The van der Waals surface area contributed by atoms with Gasteiger partial charge in [-0.25, -0.2) is 4.98 Å². The summed E-state index contributed by atoms with van der Waals surface area (Å²) in [6.45, 7) is 2.39. The maximum Gasteiger partial charge on any atom is 0.471 e. The molecule has 0 saturated carbocycles. The minimum atomic E-state index is -4.85. The topological polar surface area (TPSA) is 51.2 Å². The SMILES string of the molecule is CCOc1ccc(-c2csc(CCNC(=O)C(F)(F)F)n2)cc1. The van der Waals surface area contributed by atoms with Gasteiger partial charge < -0.3 is 10.1 Å². The Balaban J connectivity index is 1.91. The molecule has 0 atom stereocenters. The van der Waals surface area contributed by atoms with Crippen molar-refractivity contribution in [1.29, 1.82) is 0 Å². The Labute approximate surface area is 135 Å². The summed E-state index contributed by atoms with van der Waals surface area (Å²) in [6.07, 6.45) is -4.60. The van der Waals surface area contributed by atoms with E-state index in [1.807, 2.05) is 41.9 Å². The first-order chi connectivity index (χ1) is 10.9. The minimum absolute atomic E-state index is 0.103. The van der Waals surface area contributed by atoms with Gasteiger partial charge in [0.1, 0.15) is 5.75 Å². The minimum Gasteiger partial charge on any atom is -0.494 e. The van der Waals surface area contributed by atoms with E-state index in [0.717, 1.165) is 17.0 Å². The summed E-state index contributed by atoms with van der Waals surface area (Å²) in [4.78, 5) is 15.1. The van der Waals surface area contributed by atoms with E-state index in [1.165, 1.54) is 11.3 Å². The molecule has 1 aromatic heterocycles. The lowest BCUT2D eigenvalue weighted by atomic mass is 10.2. The largest absolute Gasteiger partial charge is 0.494 e. The van der Waals surface area contributed by atoms with Gasteiger partial charge in [0.25, 0.3) is 0 Å². The number of nitrogens with zero attached hydrogens (tertiary/aromatic N) is 1. The second kappa shape index (κ2) is 7.45. The number of carbonyl (C=O) groups excluding carboxylic acids is 1. The van der Waals surface area contributed by atoms with Crippen LogP contribution < -0.4 is 10.1 Å². The zero-order valence-corrected chi connectivity index (χ0v) is 13.1. The van der Waals surface area contributed by atoms with E-state index < -0.39 is 12.1 Å². The standard InChI is InChI=1S/C15H15F3N2O2S/c1-2-22-11-5-3-10(4-6-11)12-9-23-13(20-12)7-8-19-14(21)15(16,17)18/h3-6,9H,2,7-8H2,1H3,(H,19,21). The third-order valence-electron chi connectivity index (χ3n) is 2.89. The number of amides is 1. The summed E-state index contributed by atoms with van der Waals surface area (Å²) in [5, 5.41) is 4.32. The number of benzene rings is 1. The Morgan fingerprint density at radius 3 is 2.61 bits per heavy atom. The molecule has 4 nitrogen and oxygen atoms in total. The van der Waals surface area contributed by atoms with Crippen LogP contribution in [0.15, 0.2) is 29.6 Å². The molecular formula is C15H15F3N2O2S. The van der Waals surface area contributed by atoms with E-state index in [2.05, 4.69) is 4.98 Å². The fourth-order valence-corrected chi connectivity index (χ4v) is 2.64. The van der Waals surface area contributed by atoms with Gasteiger partial charge in [-0.05, 0) is 31.2 Å². The third kappa shape index (κ3) is 4.95. The summed E-state index contributed by atoms with van der Waals surface area (Å²) in [5.41, 5.74) is 1.64. The van der Waals surface area contributed by atoms with Gasteiger partial charge in [-0.2, -0.15) is 13.2 Å². The van der Waals surface area contributed by atoms with Crippen molar-refractivity contribution in [3.63, 3.8) is 0 Å². The van der Waals surface area contributed by atoms with Crippen molar-refractivity contribution >= 4 is 17.2 Å². The molecule has 2 aromatic rings. The highest BCUT2D eigenvalue weighted by molar-refractivity contribution is 7.09. The van der Waals surface area contributed by atoms with Crippen molar-refractivity contribution in [2.24, 2.45) is 0 Å². The smallest absolute Gasteiger partial charge is 0.471 e. The first-order valence-electron chi connectivity index (χ1n) is 6.93. The van der Waals surface area contributed by atoms with Crippen molar-refractivity contribution in [3.05, 3.63) is 34.7 Å². The fourth-order valence-electron chi connectivity index (χ4n) is 1.83. The van der Waals surface area contributed by atoms with Gasteiger partial charge in [0, 0.05) is 23.9 Å². The maximum absolute atomic E-state index is 12.1. The van der Waals surface area contributed by atoms with Crippen molar-refractivity contribution in [1.82, 2.24) is 10.3 Å². The van der Waals surface area contributed by atoms with Gasteiger partial charge in [-0.3, -0.25) is 4.79 Å². The Morgan fingerprint density at radius 2 is 2.00 bits per heavy atom. The van der Waals surface area contributed by atoms with Crippen LogP contribution in [0.3, 0.4) is 0 Å². The van der Waals surface area contributed by atoms with Crippen LogP contribution in [-0.4, -0.2) is 30.2 Å². The molecule has 2 rings (SSSR count). The molecule has 0 aliphatic heterocycles. The van der Waals surface area contributed by atoms with Crippen LogP contribution in [0.1, 0.15) is 11.9 Å². The summed E-state index contributed by atoms with van der Waals surface area (Å²) in [5.74, 6) is -1.16. The number of hydrogen-bond donors (Lipinski definition) is 1. The molecule has 0 unspecified atom stereocenters. The van der Waals surface area contributed by atoms with Crippen LogP contribution in [0, 0.1) is 0 Å². The number of alkyl halides is 3. The van der Waals surface area contributed by atoms with Crippen LogP contribution in [-0.2, 0) is 11.2 Å². The molecule has 1 amide bonds. The highest BCUT2D eigenvalue weighted by atomic mass is 32.1. The molecule has 0 fully saturated rings. The highest BCUT2D eigenvalue weighted by Gasteiger charge is 2.38. The zero-order chi connectivity index (χ0) is 16.9. The van der Waals surface area contributed by atoms with E-state index in [-0.39, 0.29) is 13.0 Å². The normalized spacial score (nSPS) is 11.3. The Morgan fingerprint density at radius 1 is 1.30 bits per heavy atom. The van der Waals surface area contributed by atoms with Crippen molar-refractivity contribution in [3.8, 4) is 17.0 Å². The Hall–Kier alpha value is -2.09. The molecule has 0 saturated heterocycles. The number of nitrogens with one attached hydrogen (secondary N) is 1. The lowest BCUT2D eigenvalue weighted by Gasteiger charge is -2.06. The monoisotopic (exact) mass is 344 g/mol. The van der Waals surface area contributed by atoms with E-state index in [1.54, 1.807) is 0 Å². The van der Waals surface area contributed by atoms with Gasteiger partial charge in [-0.15, -0.1) is 11.3 Å². The van der Waals surface area contributed by atoms with Crippen LogP contribution >= 0.6 is 11.3 Å². The Bertz CT molecular complexity index is 653. The number of halogens is 3. The fraction of sp³-hybridized carbons (Fsp3) is 0.333. The summed E-state index contributed by atoms with van der Waals surface area (Å²) < 4.78 is 41.5. The molecular weight excluding hydrogens is 329 g/mol. The van der Waals surface area contributed by atoms with Crippen LogP contribution in [0.2, 0.25) is 0 Å². The average molecular weight is 344 g/mol. The predicted octanol–water partition coefficient (Wildman–Crippen LogP) is 3.43. The third-order valence-corrected chi connectivity index (χ3v) is 3.80. The number of thiazole rings is 1. The molecule has 0 spiro atoms. The molecule has 1 aromatic carbocycles. The van der Waals surface area contributed by atoms with E-state index in [4.69, 9.17) is 4.74 Å². The summed E-state index contributed by atoms with van der Waals surface area (Å²) >= 11 is 1.34. The predicted molar refractivity (Wildman–Crippen MR) is 81.5 cm³/mol. The molecule has 0 radical (unpaired) electrons. The van der Waals surface area contributed by atoms with E-state index in [0.29, 0.717) is 11.6 Å². The second-order valence-corrected chi connectivity index (χ2v) is 5.53. The number of rotatable bonds is 6. The maximum atomic E-state index is 12.1. The highest BCUT2D eigenvalue weighted by Crippen LogP contribution is 2.24. The summed E-state index contributed by atoms with van der Waals surface area (Å²) in [6, 6.07) is 7.41. The van der Waals surface area contributed by atoms with Crippen molar-refractivity contribution in [2.45, 2.75) is 19.5 Å². The average Bonchev–Trinajstić information content (AvgIpc) is 2.96. The number of ether oxygens (including phenoxy) is 1. The van der Waals surface area contributed by atoms with Crippen molar-refractivity contribution < 1.29 is 22.7 Å². The molecule has 1 N–H and O–H groups in total. The lowest BCUT2D eigenvalue weighted by Crippen LogP contribution is -2.37. The molecule has 1 heterocycles. The van der Waals surface area contributed by atoms with E-state index >= 15 is 0 Å².